The zero-order valence-electron chi connectivity index (χ0n) is 10.0. The molecule has 2 unspecified atom stereocenters. The fourth-order valence-corrected chi connectivity index (χ4v) is 3.28. The Hall–Kier alpha value is -1.36. The Kier molecular flexibility index (Phi) is 3.19. The summed E-state index contributed by atoms with van der Waals surface area (Å²) in [4.78, 5) is 14.1. The lowest BCUT2D eigenvalue weighted by atomic mass is 10.1. The van der Waals surface area contributed by atoms with Crippen molar-refractivity contribution in [3.63, 3.8) is 0 Å². The van der Waals surface area contributed by atoms with Crippen LogP contribution >= 0.6 is 11.8 Å². The molecular formula is C12H15NO3S. The number of hydrogen-bond donors (Lipinski definition) is 1. The summed E-state index contributed by atoms with van der Waals surface area (Å²) in [5.74, 6) is 0.0102. The lowest BCUT2D eigenvalue weighted by molar-refractivity contribution is -0.136. The van der Waals surface area contributed by atoms with Gasteiger partial charge in [-0.25, -0.2) is 0 Å². The van der Waals surface area contributed by atoms with Gasteiger partial charge in [0.05, 0.1) is 12.8 Å². The van der Waals surface area contributed by atoms with Crippen LogP contribution in [-0.2, 0) is 4.79 Å². The normalized spacial score (nSPS) is 23.1. The molecule has 92 valence electrons. The van der Waals surface area contributed by atoms with Crippen molar-refractivity contribution in [1.82, 2.24) is 0 Å². The smallest absolute Gasteiger partial charge is 0.319 e. The van der Waals surface area contributed by atoms with Crippen LogP contribution in [0.1, 0.15) is 6.92 Å². The zero-order chi connectivity index (χ0) is 12.6. The number of fused-ring (bicyclic) bond motifs is 1. The van der Waals surface area contributed by atoms with Crippen LogP contribution in [0.2, 0.25) is 0 Å². The zero-order valence-corrected chi connectivity index (χ0v) is 10.8. The number of ether oxygens (including phenoxy) is 1. The van der Waals surface area contributed by atoms with Crippen molar-refractivity contribution in [2.75, 3.05) is 19.1 Å². The van der Waals surface area contributed by atoms with E-state index in [9.17, 15) is 9.90 Å². The van der Waals surface area contributed by atoms with Crippen LogP contribution < -0.4 is 9.64 Å². The number of methoxy groups -OCH3 is 1. The predicted octanol–water partition coefficient (Wildman–Crippen LogP) is 2.08. The molecule has 1 aromatic carbocycles. The minimum Gasteiger partial charge on any atom is -0.495 e. The number of carbonyl (C=O) groups is 1. The first-order valence-electron chi connectivity index (χ1n) is 5.35. The molecule has 0 saturated carbocycles. The number of carboxylic acids is 1. The molecule has 0 aliphatic carbocycles. The molecule has 1 N–H and O–H groups in total. The Morgan fingerprint density at radius 2 is 2.24 bits per heavy atom. The molecule has 0 radical (unpaired) electrons. The first-order valence-corrected chi connectivity index (χ1v) is 6.23. The molecule has 0 bridgehead atoms. The van der Waals surface area contributed by atoms with E-state index in [0.29, 0.717) is 0 Å². The third-order valence-electron chi connectivity index (χ3n) is 3.08. The maximum absolute atomic E-state index is 11.2. The highest BCUT2D eigenvalue weighted by atomic mass is 32.2. The average molecular weight is 253 g/mol. The van der Waals surface area contributed by atoms with Crippen molar-refractivity contribution < 1.29 is 14.6 Å². The third kappa shape index (κ3) is 1.95. The summed E-state index contributed by atoms with van der Waals surface area (Å²) in [6, 6.07) is 5.64. The van der Waals surface area contributed by atoms with Crippen LogP contribution in [0.4, 0.5) is 5.69 Å². The van der Waals surface area contributed by atoms with Crippen LogP contribution in [-0.4, -0.2) is 36.5 Å². The van der Waals surface area contributed by atoms with Gasteiger partial charge < -0.3 is 14.7 Å². The number of hydrogen-bond acceptors (Lipinski definition) is 4. The second kappa shape index (κ2) is 4.49. The molecule has 0 amide bonds. The number of carboxylic acid groups (broad SMARTS) is 1. The summed E-state index contributed by atoms with van der Waals surface area (Å²) in [6.45, 7) is 1.92. The largest absolute Gasteiger partial charge is 0.495 e. The van der Waals surface area contributed by atoms with E-state index in [2.05, 4.69) is 0 Å². The molecule has 5 heteroatoms. The molecule has 4 nitrogen and oxygen atoms in total. The fraction of sp³-hybridized carbons (Fsp3) is 0.417. The molecular weight excluding hydrogens is 238 g/mol. The van der Waals surface area contributed by atoms with E-state index >= 15 is 0 Å². The lowest BCUT2D eigenvalue weighted by Crippen LogP contribution is -2.44. The SMILES string of the molecule is COc1cccc2c1N(C)C(C)C(C(=O)O)S2. The highest BCUT2D eigenvalue weighted by molar-refractivity contribution is 8.01. The van der Waals surface area contributed by atoms with Crippen molar-refractivity contribution in [3.05, 3.63) is 18.2 Å². The molecule has 1 aliphatic rings. The standard InChI is InChI=1S/C12H15NO3S/c1-7-11(12(14)15)17-9-6-4-5-8(16-3)10(9)13(7)2/h4-7,11H,1-3H3,(H,14,15). The number of benzene rings is 1. The van der Waals surface area contributed by atoms with E-state index in [4.69, 9.17) is 4.74 Å². The number of nitrogens with zero attached hydrogens (tertiary/aromatic N) is 1. The van der Waals surface area contributed by atoms with Gasteiger partial charge in [0, 0.05) is 18.0 Å². The molecule has 0 fully saturated rings. The number of thioether (sulfide) groups is 1. The van der Waals surface area contributed by atoms with E-state index in [1.54, 1.807) is 7.11 Å². The van der Waals surface area contributed by atoms with Gasteiger partial charge in [-0.05, 0) is 19.1 Å². The van der Waals surface area contributed by atoms with E-state index < -0.39 is 11.2 Å². The Balaban J connectivity index is 2.48. The Morgan fingerprint density at radius 1 is 1.53 bits per heavy atom. The van der Waals surface area contributed by atoms with Crippen molar-refractivity contribution in [2.24, 2.45) is 0 Å². The Morgan fingerprint density at radius 3 is 2.82 bits per heavy atom. The molecule has 2 rings (SSSR count). The van der Waals surface area contributed by atoms with Gasteiger partial charge in [0.2, 0.25) is 0 Å². The summed E-state index contributed by atoms with van der Waals surface area (Å²) in [5.41, 5.74) is 0.977. The topological polar surface area (TPSA) is 49.8 Å². The number of aliphatic carboxylic acids is 1. The van der Waals surface area contributed by atoms with Crippen LogP contribution in [0.3, 0.4) is 0 Å². The van der Waals surface area contributed by atoms with Gasteiger partial charge in [-0.1, -0.05) is 6.07 Å². The van der Waals surface area contributed by atoms with Gasteiger partial charge in [-0.3, -0.25) is 4.79 Å². The minimum absolute atomic E-state index is 0.0682. The number of anilines is 1. The van der Waals surface area contributed by atoms with E-state index in [1.807, 2.05) is 37.1 Å². The van der Waals surface area contributed by atoms with Crippen molar-refractivity contribution in [2.45, 2.75) is 23.1 Å². The molecule has 0 aromatic heterocycles. The van der Waals surface area contributed by atoms with E-state index in [-0.39, 0.29) is 6.04 Å². The van der Waals surface area contributed by atoms with Crippen molar-refractivity contribution >= 4 is 23.4 Å². The van der Waals surface area contributed by atoms with Crippen molar-refractivity contribution in [3.8, 4) is 5.75 Å². The minimum atomic E-state index is -0.775. The summed E-state index contributed by atoms with van der Waals surface area (Å²) >= 11 is 1.39. The van der Waals surface area contributed by atoms with Crippen LogP contribution in [0.25, 0.3) is 0 Å². The highest BCUT2D eigenvalue weighted by Gasteiger charge is 2.36. The summed E-state index contributed by atoms with van der Waals surface area (Å²) in [7, 11) is 3.53. The summed E-state index contributed by atoms with van der Waals surface area (Å²) in [6.07, 6.45) is 0. The first-order chi connectivity index (χ1) is 8.06. The maximum Gasteiger partial charge on any atom is 0.319 e. The van der Waals surface area contributed by atoms with Gasteiger partial charge in [-0.15, -0.1) is 11.8 Å². The maximum atomic E-state index is 11.2. The molecule has 2 atom stereocenters. The predicted molar refractivity (Wildman–Crippen MR) is 68.1 cm³/mol. The van der Waals surface area contributed by atoms with Crippen LogP contribution in [0, 0.1) is 0 Å². The summed E-state index contributed by atoms with van der Waals surface area (Å²) < 4.78 is 5.32. The number of rotatable bonds is 2. The molecule has 1 aliphatic heterocycles. The number of para-hydroxylation sites is 1. The highest BCUT2D eigenvalue weighted by Crippen LogP contribution is 2.45. The molecule has 1 heterocycles. The van der Waals surface area contributed by atoms with Gasteiger partial charge in [0.1, 0.15) is 11.0 Å². The monoisotopic (exact) mass is 253 g/mol. The second-order valence-electron chi connectivity index (χ2n) is 4.04. The first kappa shape index (κ1) is 12.1. The van der Waals surface area contributed by atoms with Crippen LogP contribution in [0.5, 0.6) is 5.75 Å². The summed E-state index contributed by atoms with van der Waals surface area (Å²) in [5, 5.41) is 8.75. The quantitative estimate of drug-likeness (QED) is 0.874. The molecule has 0 spiro atoms. The fourth-order valence-electron chi connectivity index (χ4n) is 2.01. The van der Waals surface area contributed by atoms with Crippen molar-refractivity contribution in [1.29, 1.82) is 0 Å². The molecule has 0 saturated heterocycles. The van der Waals surface area contributed by atoms with E-state index in [1.165, 1.54) is 11.8 Å². The van der Waals surface area contributed by atoms with Gasteiger partial charge in [0.25, 0.3) is 0 Å². The van der Waals surface area contributed by atoms with Gasteiger partial charge >= 0.3 is 5.97 Å². The average Bonchev–Trinajstić information content (AvgIpc) is 2.32. The van der Waals surface area contributed by atoms with E-state index in [0.717, 1.165) is 16.3 Å². The second-order valence-corrected chi connectivity index (χ2v) is 5.22. The lowest BCUT2D eigenvalue weighted by Gasteiger charge is -2.37. The Bertz CT molecular complexity index is 449. The Labute approximate surface area is 105 Å². The van der Waals surface area contributed by atoms with Gasteiger partial charge in [0.15, 0.2) is 0 Å². The van der Waals surface area contributed by atoms with Crippen LogP contribution in [0.15, 0.2) is 23.1 Å². The molecule has 17 heavy (non-hydrogen) atoms. The third-order valence-corrected chi connectivity index (χ3v) is 4.51. The van der Waals surface area contributed by atoms with Gasteiger partial charge in [-0.2, -0.15) is 0 Å². The molecule has 1 aromatic rings.